The first-order chi connectivity index (χ1) is 7.43. The predicted molar refractivity (Wildman–Crippen MR) is 61.9 cm³/mol. The summed E-state index contributed by atoms with van der Waals surface area (Å²) in [5, 5.41) is 5.46. The minimum absolute atomic E-state index is 0.0138. The Labute approximate surface area is 92.5 Å². The van der Waals surface area contributed by atoms with Gasteiger partial charge in [-0.3, -0.25) is 0 Å². The molecule has 0 saturated heterocycles. The Morgan fingerprint density at radius 3 is 3.00 bits per heavy atom. The zero-order valence-corrected chi connectivity index (χ0v) is 8.96. The second-order valence-electron chi connectivity index (χ2n) is 3.51. The average molecular weight is 217 g/mol. The van der Waals surface area contributed by atoms with E-state index in [0.717, 1.165) is 0 Å². The Kier molecular flexibility index (Phi) is 2.19. The first-order valence-electron chi connectivity index (χ1n) is 4.93. The van der Waals surface area contributed by atoms with Crippen molar-refractivity contribution in [1.82, 2.24) is 0 Å². The molecule has 76 valence electrons. The summed E-state index contributed by atoms with van der Waals surface area (Å²) in [7, 11) is 0. The fourth-order valence-corrected chi connectivity index (χ4v) is 2.46. The van der Waals surface area contributed by atoms with Crippen LogP contribution in [-0.2, 0) is 11.3 Å². The number of rotatable bonds is 1. The van der Waals surface area contributed by atoms with Crippen molar-refractivity contribution >= 4 is 17.0 Å². The smallest absolute Gasteiger partial charge is 0.163 e. The Morgan fingerprint density at radius 1 is 1.20 bits per heavy atom. The van der Waals surface area contributed by atoms with Crippen LogP contribution in [0.4, 0.5) is 5.69 Å². The highest BCUT2D eigenvalue weighted by atomic mass is 32.1. The first kappa shape index (κ1) is 8.95. The van der Waals surface area contributed by atoms with E-state index in [2.05, 4.69) is 28.9 Å². The Bertz CT molecular complexity index is 452. The van der Waals surface area contributed by atoms with E-state index in [1.807, 2.05) is 18.2 Å². The van der Waals surface area contributed by atoms with Gasteiger partial charge >= 0.3 is 0 Å². The molecule has 0 aliphatic carbocycles. The normalized spacial score (nSPS) is 19.3. The van der Waals surface area contributed by atoms with E-state index >= 15 is 0 Å². The highest BCUT2D eigenvalue weighted by Gasteiger charge is 2.19. The number of para-hydroxylation sites is 1. The van der Waals surface area contributed by atoms with Crippen LogP contribution >= 0.6 is 11.3 Å². The van der Waals surface area contributed by atoms with Crippen molar-refractivity contribution in [2.24, 2.45) is 0 Å². The van der Waals surface area contributed by atoms with Crippen molar-refractivity contribution in [2.45, 2.75) is 12.8 Å². The van der Waals surface area contributed by atoms with Gasteiger partial charge in [0.2, 0.25) is 0 Å². The molecule has 0 bridgehead atoms. The molecule has 1 aliphatic rings. The molecule has 2 heterocycles. The number of hydrogen-bond donors (Lipinski definition) is 1. The topological polar surface area (TPSA) is 21.3 Å². The third-order valence-corrected chi connectivity index (χ3v) is 3.43. The Balaban J connectivity index is 1.89. The second-order valence-corrected chi connectivity index (χ2v) is 4.49. The molecule has 1 aromatic heterocycles. The van der Waals surface area contributed by atoms with Crippen LogP contribution in [0.1, 0.15) is 16.7 Å². The molecule has 0 radical (unpaired) electrons. The summed E-state index contributed by atoms with van der Waals surface area (Å²) in [5.74, 6) is 0. The van der Waals surface area contributed by atoms with Crippen molar-refractivity contribution in [1.29, 1.82) is 0 Å². The van der Waals surface area contributed by atoms with Crippen LogP contribution in [0.25, 0.3) is 0 Å². The van der Waals surface area contributed by atoms with Crippen LogP contribution in [-0.4, -0.2) is 0 Å². The summed E-state index contributed by atoms with van der Waals surface area (Å²) >= 11 is 1.72. The summed E-state index contributed by atoms with van der Waals surface area (Å²) in [6.45, 7) is 0.686. The van der Waals surface area contributed by atoms with Crippen LogP contribution in [0.5, 0.6) is 0 Å². The zero-order valence-electron chi connectivity index (χ0n) is 8.14. The SMILES string of the molecule is c1csc([C@@H]2Nc3ccccc3CO2)c1. The second kappa shape index (κ2) is 3.68. The molecule has 2 aromatic rings. The van der Waals surface area contributed by atoms with E-state index in [9.17, 15) is 0 Å². The van der Waals surface area contributed by atoms with E-state index in [1.165, 1.54) is 16.1 Å². The summed E-state index contributed by atoms with van der Waals surface area (Å²) < 4.78 is 5.75. The van der Waals surface area contributed by atoms with Crippen molar-refractivity contribution < 1.29 is 4.74 Å². The maximum atomic E-state index is 5.75. The van der Waals surface area contributed by atoms with Crippen LogP contribution < -0.4 is 5.32 Å². The number of fused-ring (bicyclic) bond motifs is 1. The zero-order chi connectivity index (χ0) is 10.1. The fraction of sp³-hybridized carbons (Fsp3) is 0.167. The third kappa shape index (κ3) is 1.64. The highest BCUT2D eigenvalue weighted by molar-refractivity contribution is 7.10. The third-order valence-electron chi connectivity index (χ3n) is 2.51. The molecule has 2 nitrogen and oxygen atoms in total. The number of anilines is 1. The number of hydrogen-bond acceptors (Lipinski definition) is 3. The molecule has 0 amide bonds. The first-order valence-corrected chi connectivity index (χ1v) is 5.81. The molecule has 0 unspecified atom stereocenters. The molecule has 15 heavy (non-hydrogen) atoms. The Morgan fingerprint density at radius 2 is 2.13 bits per heavy atom. The summed E-state index contributed by atoms with van der Waals surface area (Å²) in [6.07, 6.45) is 0.0138. The molecule has 1 N–H and O–H groups in total. The van der Waals surface area contributed by atoms with Crippen molar-refractivity contribution in [2.75, 3.05) is 5.32 Å². The molecular formula is C12H11NOS. The monoisotopic (exact) mass is 217 g/mol. The summed E-state index contributed by atoms with van der Waals surface area (Å²) in [5.41, 5.74) is 2.41. The van der Waals surface area contributed by atoms with Crippen LogP contribution in [0.15, 0.2) is 41.8 Å². The summed E-state index contributed by atoms with van der Waals surface area (Å²) in [4.78, 5) is 1.23. The number of benzene rings is 1. The van der Waals surface area contributed by atoms with E-state index in [0.29, 0.717) is 6.61 Å². The van der Waals surface area contributed by atoms with Gasteiger partial charge in [0.15, 0.2) is 6.23 Å². The lowest BCUT2D eigenvalue weighted by Crippen LogP contribution is -2.19. The molecule has 0 fully saturated rings. The molecule has 1 aromatic carbocycles. The van der Waals surface area contributed by atoms with Gasteiger partial charge < -0.3 is 10.1 Å². The molecule has 0 saturated carbocycles. The van der Waals surface area contributed by atoms with Gasteiger partial charge in [-0.2, -0.15) is 0 Å². The number of nitrogens with one attached hydrogen (secondary N) is 1. The summed E-state index contributed by atoms with van der Waals surface area (Å²) in [6, 6.07) is 12.4. The average Bonchev–Trinajstić information content (AvgIpc) is 2.82. The maximum absolute atomic E-state index is 5.75. The van der Waals surface area contributed by atoms with E-state index < -0.39 is 0 Å². The fourth-order valence-electron chi connectivity index (χ4n) is 1.74. The van der Waals surface area contributed by atoms with Gasteiger partial charge in [-0.1, -0.05) is 24.3 Å². The lowest BCUT2D eigenvalue weighted by Gasteiger charge is -2.26. The minimum atomic E-state index is 0.0138. The number of thiophene rings is 1. The molecule has 0 spiro atoms. The Hall–Kier alpha value is -1.32. The quantitative estimate of drug-likeness (QED) is 0.790. The lowest BCUT2D eigenvalue weighted by atomic mass is 10.1. The standard InChI is InChI=1S/C12H11NOS/c1-2-5-10-9(4-1)8-14-12(13-10)11-6-3-7-15-11/h1-7,12-13H,8H2/t12-/m1/s1. The molecule has 3 rings (SSSR count). The van der Waals surface area contributed by atoms with Gasteiger partial charge in [-0.25, -0.2) is 0 Å². The van der Waals surface area contributed by atoms with Crippen molar-refractivity contribution in [3.8, 4) is 0 Å². The van der Waals surface area contributed by atoms with Crippen LogP contribution in [0.2, 0.25) is 0 Å². The van der Waals surface area contributed by atoms with E-state index in [1.54, 1.807) is 11.3 Å². The predicted octanol–water partition coefficient (Wildman–Crippen LogP) is 3.39. The minimum Gasteiger partial charge on any atom is -0.355 e. The molecule has 1 atom stereocenters. The largest absolute Gasteiger partial charge is 0.355 e. The van der Waals surface area contributed by atoms with E-state index in [4.69, 9.17) is 4.74 Å². The lowest BCUT2D eigenvalue weighted by molar-refractivity contribution is 0.0530. The van der Waals surface area contributed by atoms with Gasteiger partial charge in [0.05, 0.1) is 11.5 Å². The number of ether oxygens (including phenoxy) is 1. The van der Waals surface area contributed by atoms with Gasteiger partial charge in [-0.05, 0) is 17.5 Å². The van der Waals surface area contributed by atoms with Crippen LogP contribution in [0, 0.1) is 0 Å². The van der Waals surface area contributed by atoms with Gasteiger partial charge in [-0.15, -0.1) is 11.3 Å². The van der Waals surface area contributed by atoms with Crippen LogP contribution in [0.3, 0.4) is 0 Å². The maximum Gasteiger partial charge on any atom is 0.163 e. The van der Waals surface area contributed by atoms with Gasteiger partial charge in [0.25, 0.3) is 0 Å². The van der Waals surface area contributed by atoms with Crippen molar-refractivity contribution in [3.05, 3.63) is 52.2 Å². The molecule has 1 aliphatic heterocycles. The van der Waals surface area contributed by atoms with E-state index in [-0.39, 0.29) is 6.23 Å². The molecule has 3 heteroatoms. The molecular weight excluding hydrogens is 206 g/mol. The van der Waals surface area contributed by atoms with Gasteiger partial charge in [0, 0.05) is 11.3 Å². The van der Waals surface area contributed by atoms with Crippen molar-refractivity contribution in [3.63, 3.8) is 0 Å². The highest BCUT2D eigenvalue weighted by Crippen LogP contribution is 2.31. The van der Waals surface area contributed by atoms with Gasteiger partial charge in [0.1, 0.15) is 0 Å².